The van der Waals surface area contributed by atoms with E-state index in [4.69, 9.17) is 4.74 Å². The molecule has 2 heteroatoms. The van der Waals surface area contributed by atoms with Crippen LogP contribution in [-0.4, -0.2) is 12.1 Å². The molecule has 0 bridgehead atoms. The van der Waals surface area contributed by atoms with E-state index in [0.717, 1.165) is 12.3 Å². The molecular formula is C28H44O2. The van der Waals surface area contributed by atoms with Crippen molar-refractivity contribution >= 4 is 5.97 Å². The van der Waals surface area contributed by atoms with Gasteiger partial charge in [-0.3, -0.25) is 4.79 Å². The van der Waals surface area contributed by atoms with E-state index in [9.17, 15) is 4.79 Å². The number of allylic oxidation sites excluding steroid dienone is 3. The van der Waals surface area contributed by atoms with Gasteiger partial charge in [0.1, 0.15) is 6.10 Å². The van der Waals surface area contributed by atoms with Crippen LogP contribution in [0.25, 0.3) is 0 Å². The zero-order chi connectivity index (χ0) is 22.1. The molecule has 0 saturated heterocycles. The fourth-order valence-electron chi connectivity index (χ4n) is 8.94. The molecule has 0 N–H and O–H groups in total. The summed E-state index contributed by atoms with van der Waals surface area (Å²) in [6.45, 7) is 20.5. The summed E-state index contributed by atoms with van der Waals surface area (Å²) in [7, 11) is 0. The molecule has 4 aliphatic carbocycles. The predicted octanol–water partition coefficient (Wildman–Crippen LogP) is 7.63. The lowest BCUT2D eigenvalue weighted by atomic mass is 9.43. The first-order chi connectivity index (χ1) is 13.9. The highest BCUT2D eigenvalue weighted by molar-refractivity contribution is 5.66. The molecule has 6 atom stereocenters. The van der Waals surface area contributed by atoms with Crippen LogP contribution in [0.3, 0.4) is 0 Å². The van der Waals surface area contributed by atoms with Crippen LogP contribution in [0.1, 0.15) is 106 Å². The first-order valence-corrected chi connectivity index (χ1v) is 12.4. The van der Waals surface area contributed by atoms with E-state index in [0.29, 0.717) is 16.7 Å². The van der Waals surface area contributed by atoms with Crippen molar-refractivity contribution in [3.8, 4) is 0 Å². The van der Waals surface area contributed by atoms with Gasteiger partial charge in [0, 0.05) is 12.3 Å². The van der Waals surface area contributed by atoms with Crippen LogP contribution in [0.5, 0.6) is 0 Å². The van der Waals surface area contributed by atoms with Crippen molar-refractivity contribution < 1.29 is 9.53 Å². The number of esters is 1. The largest absolute Gasteiger partial charge is 0.462 e. The summed E-state index contributed by atoms with van der Waals surface area (Å²) in [5.41, 5.74) is 6.07. The summed E-state index contributed by atoms with van der Waals surface area (Å²) >= 11 is 0. The van der Waals surface area contributed by atoms with Gasteiger partial charge in [-0.25, -0.2) is 0 Å². The van der Waals surface area contributed by atoms with Crippen molar-refractivity contribution in [1.82, 2.24) is 0 Å². The number of carbonyl (C=O) groups excluding carboxylic acids is 1. The Morgan fingerprint density at radius 2 is 1.67 bits per heavy atom. The third-order valence-corrected chi connectivity index (χ3v) is 10.8. The van der Waals surface area contributed by atoms with Gasteiger partial charge in [-0.05, 0) is 92.8 Å². The summed E-state index contributed by atoms with van der Waals surface area (Å²) in [5.74, 6) is 1.26. The molecule has 4 aliphatic rings. The number of ether oxygens (including phenoxy) is 1. The molecule has 168 valence electrons. The fraction of sp³-hybridized carbons (Fsp3) is 0.821. The highest BCUT2D eigenvalue weighted by Crippen LogP contribution is 2.72. The highest BCUT2D eigenvalue weighted by Gasteiger charge is 2.63. The summed E-state index contributed by atoms with van der Waals surface area (Å²) in [5, 5.41) is 0. The van der Waals surface area contributed by atoms with Gasteiger partial charge in [-0.2, -0.15) is 0 Å². The van der Waals surface area contributed by atoms with Crippen molar-refractivity contribution in [1.29, 1.82) is 0 Å². The molecule has 0 radical (unpaired) electrons. The SMILES string of the molecule is C=C(C)CC1CCC2(C)C3=C(CCC12C)C1(C)CCC(OC(C)=O)C(C)(C)C1CC3. The van der Waals surface area contributed by atoms with Crippen molar-refractivity contribution in [2.75, 3.05) is 0 Å². The Labute approximate surface area is 184 Å². The molecule has 0 aliphatic heterocycles. The van der Waals surface area contributed by atoms with Gasteiger partial charge in [0.15, 0.2) is 0 Å². The monoisotopic (exact) mass is 412 g/mol. The molecule has 2 nitrogen and oxygen atoms in total. The van der Waals surface area contributed by atoms with Crippen LogP contribution in [-0.2, 0) is 9.53 Å². The molecule has 0 amide bonds. The smallest absolute Gasteiger partial charge is 0.302 e. The van der Waals surface area contributed by atoms with Crippen LogP contribution in [0.2, 0.25) is 0 Å². The molecule has 2 fully saturated rings. The minimum atomic E-state index is -0.122. The van der Waals surface area contributed by atoms with Crippen molar-refractivity contribution in [2.45, 2.75) is 112 Å². The van der Waals surface area contributed by atoms with Crippen molar-refractivity contribution in [3.05, 3.63) is 23.3 Å². The number of carbonyl (C=O) groups is 1. The maximum absolute atomic E-state index is 11.7. The van der Waals surface area contributed by atoms with E-state index >= 15 is 0 Å². The Hall–Kier alpha value is -1.05. The van der Waals surface area contributed by atoms with Crippen LogP contribution in [0.15, 0.2) is 23.3 Å². The number of fused-ring (bicyclic) bond motifs is 4. The lowest BCUT2D eigenvalue weighted by Crippen LogP contribution is -2.55. The maximum Gasteiger partial charge on any atom is 0.302 e. The Kier molecular flexibility index (Phi) is 5.15. The molecule has 0 spiro atoms. The molecule has 6 unspecified atom stereocenters. The van der Waals surface area contributed by atoms with Gasteiger partial charge in [-0.1, -0.05) is 51.3 Å². The number of hydrogen-bond donors (Lipinski definition) is 0. The Morgan fingerprint density at radius 3 is 2.30 bits per heavy atom. The zero-order valence-electron chi connectivity index (χ0n) is 20.6. The van der Waals surface area contributed by atoms with E-state index in [-0.39, 0.29) is 22.9 Å². The third-order valence-electron chi connectivity index (χ3n) is 10.8. The summed E-state index contributed by atoms with van der Waals surface area (Å²) < 4.78 is 5.83. The first-order valence-electron chi connectivity index (χ1n) is 12.4. The quantitative estimate of drug-likeness (QED) is 0.352. The minimum absolute atomic E-state index is 0.0387. The standard InChI is InChI=1S/C28H44O2/c1-18(2)17-20-11-15-28(8)22-9-10-23-25(4,5)24(30-19(3)29)13-14-26(23,6)21(22)12-16-27(20,28)7/h20,23-24H,1,9-17H2,2-8H3. The van der Waals surface area contributed by atoms with E-state index in [1.54, 1.807) is 6.92 Å². The molecule has 0 aromatic rings. The van der Waals surface area contributed by atoms with Gasteiger partial charge in [0.2, 0.25) is 0 Å². The normalized spacial score (nSPS) is 44.7. The minimum Gasteiger partial charge on any atom is -0.462 e. The second kappa shape index (κ2) is 6.97. The number of hydrogen-bond acceptors (Lipinski definition) is 2. The maximum atomic E-state index is 11.7. The Morgan fingerprint density at radius 1 is 0.967 bits per heavy atom. The van der Waals surface area contributed by atoms with Crippen molar-refractivity contribution in [3.63, 3.8) is 0 Å². The van der Waals surface area contributed by atoms with Crippen molar-refractivity contribution in [2.24, 2.45) is 33.5 Å². The zero-order valence-corrected chi connectivity index (χ0v) is 20.6. The second-order valence-electron chi connectivity index (χ2n) is 12.6. The van der Waals surface area contributed by atoms with Gasteiger partial charge < -0.3 is 4.74 Å². The summed E-state index contributed by atoms with van der Waals surface area (Å²) in [6, 6.07) is 0. The molecule has 2 saturated carbocycles. The fourth-order valence-corrected chi connectivity index (χ4v) is 8.94. The van der Waals surface area contributed by atoms with E-state index in [2.05, 4.69) is 48.1 Å². The van der Waals surface area contributed by atoms with E-state index in [1.807, 2.05) is 11.1 Å². The third kappa shape index (κ3) is 2.91. The molecule has 0 aromatic heterocycles. The summed E-state index contributed by atoms with van der Waals surface area (Å²) in [6.07, 6.45) is 11.2. The Balaban J connectivity index is 1.71. The van der Waals surface area contributed by atoms with Gasteiger partial charge in [0.25, 0.3) is 0 Å². The molecule has 0 aromatic carbocycles. The topological polar surface area (TPSA) is 26.3 Å². The lowest BCUT2D eigenvalue weighted by Gasteiger charge is -2.62. The average molecular weight is 413 g/mol. The Bertz CT molecular complexity index is 788. The molecule has 0 heterocycles. The van der Waals surface area contributed by atoms with Crippen LogP contribution in [0.4, 0.5) is 0 Å². The second-order valence-corrected chi connectivity index (χ2v) is 12.6. The number of rotatable bonds is 3. The average Bonchev–Trinajstić information content (AvgIpc) is 2.89. The molecule has 30 heavy (non-hydrogen) atoms. The van der Waals surface area contributed by atoms with E-state index in [1.165, 1.54) is 56.9 Å². The van der Waals surface area contributed by atoms with Gasteiger partial charge in [0.05, 0.1) is 0 Å². The van der Waals surface area contributed by atoms with Crippen LogP contribution < -0.4 is 0 Å². The summed E-state index contributed by atoms with van der Waals surface area (Å²) in [4.78, 5) is 11.7. The molecular weight excluding hydrogens is 368 g/mol. The van der Waals surface area contributed by atoms with Gasteiger partial charge in [-0.15, -0.1) is 6.58 Å². The highest BCUT2D eigenvalue weighted by atomic mass is 16.5. The van der Waals surface area contributed by atoms with Crippen LogP contribution >= 0.6 is 0 Å². The van der Waals surface area contributed by atoms with Gasteiger partial charge >= 0.3 is 5.97 Å². The first kappa shape index (κ1) is 22.2. The van der Waals surface area contributed by atoms with Crippen LogP contribution in [0, 0.1) is 33.5 Å². The van der Waals surface area contributed by atoms with E-state index < -0.39 is 0 Å². The molecule has 4 rings (SSSR count). The predicted molar refractivity (Wildman–Crippen MR) is 124 cm³/mol. The lowest BCUT2D eigenvalue weighted by molar-refractivity contribution is -0.167.